The Bertz CT molecular complexity index is 331. The van der Waals surface area contributed by atoms with Crippen LogP contribution in [0.1, 0.15) is 11.5 Å². The van der Waals surface area contributed by atoms with E-state index < -0.39 is 12.3 Å². The van der Waals surface area contributed by atoms with Gasteiger partial charge in [-0.3, -0.25) is 0 Å². The van der Waals surface area contributed by atoms with Crippen molar-refractivity contribution in [2.45, 2.75) is 12.3 Å². The third kappa shape index (κ3) is 2.56. The Kier molecular flexibility index (Phi) is 3.85. The van der Waals surface area contributed by atoms with Crippen molar-refractivity contribution in [1.82, 2.24) is 0 Å². The van der Waals surface area contributed by atoms with Gasteiger partial charge >= 0.3 is 0 Å². The Hall–Kier alpha value is -1.36. The molecule has 1 aromatic rings. The molecule has 3 N–H and O–H groups in total. The van der Waals surface area contributed by atoms with Crippen molar-refractivity contribution in [3.8, 4) is 11.5 Å². The molecule has 1 unspecified atom stereocenters. The fraction of sp³-hybridized carbons (Fsp3) is 0.400. The Morgan fingerprint density at radius 1 is 1.47 bits per heavy atom. The van der Waals surface area contributed by atoms with Crippen LogP contribution in [0, 0.1) is 0 Å². The van der Waals surface area contributed by atoms with E-state index in [2.05, 4.69) is 0 Å². The van der Waals surface area contributed by atoms with Crippen LogP contribution >= 0.6 is 0 Å². The van der Waals surface area contributed by atoms with Crippen LogP contribution in [-0.4, -0.2) is 25.2 Å². The van der Waals surface area contributed by atoms with Crippen molar-refractivity contribution in [3.63, 3.8) is 0 Å². The van der Waals surface area contributed by atoms with Crippen molar-refractivity contribution in [2.24, 2.45) is 5.73 Å². The van der Waals surface area contributed by atoms with Crippen molar-refractivity contribution < 1.29 is 18.6 Å². The van der Waals surface area contributed by atoms with Crippen LogP contribution in [0.5, 0.6) is 11.5 Å². The SMILES string of the molecule is COc1ccc(C(CN)C(F)F)c(O)c1. The van der Waals surface area contributed by atoms with Crippen molar-refractivity contribution in [2.75, 3.05) is 13.7 Å². The molecule has 0 spiro atoms. The number of halogens is 2. The lowest BCUT2D eigenvalue weighted by atomic mass is 9.98. The van der Waals surface area contributed by atoms with Crippen LogP contribution in [0.15, 0.2) is 18.2 Å². The first-order valence-electron chi connectivity index (χ1n) is 4.45. The lowest BCUT2D eigenvalue weighted by Crippen LogP contribution is -2.19. The van der Waals surface area contributed by atoms with Crippen LogP contribution in [0.2, 0.25) is 0 Å². The number of benzene rings is 1. The molecule has 84 valence electrons. The molecule has 0 aromatic heterocycles. The van der Waals surface area contributed by atoms with Crippen LogP contribution in [0.4, 0.5) is 8.78 Å². The maximum Gasteiger partial charge on any atom is 0.246 e. The summed E-state index contributed by atoms with van der Waals surface area (Å²) in [5, 5.41) is 9.50. The minimum Gasteiger partial charge on any atom is -0.508 e. The molecule has 1 atom stereocenters. The van der Waals surface area contributed by atoms with Gasteiger partial charge in [-0.05, 0) is 6.07 Å². The number of ether oxygens (including phenoxy) is 1. The van der Waals surface area contributed by atoms with E-state index in [1.165, 1.54) is 25.3 Å². The Morgan fingerprint density at radius 2 is 2.13 bits per heavy atom. The summed E-state index contributed by atoms with van der Waals surface area (Å²) in [7, 11) is 1.43. The fourth-order valence-corrected chi connectivity index (χ4v) is 1.33. The highest BCUT2D eigenvalue weighted by Crippen LogP contribution is 2.32. The maximum atomic E-state index is 12.5. The number of nitrogens with two attached hydrogens (primary N) is 1. The van der Waals surface area contributed by atoms with E-state index in [0.29, 0.717) is 5.75 Å². The Labute approximate surface area is 86.5 Å². The van der Waals surface area contributed by atoms with Gasteiger partial charge in [0.1, 0.15) is 11.5 Å². The second-order valence-electron chi connectivity index (χ2n) is 3.10. The molecular formula is C10H13F2NO2. The topological polar surface area (TPSA) is 55.5 Å². The highest BCUT2D eigenvalue weighted by atomic mass is 19.3. The molecule has 15 heavy (non-hydrogen) atoms. The molecule has 0 aliphatic rings. The summed E-state index contributed by atoms with van der Waals surface area (Å²) in [5.41, 5.74) is 5.37. The fourth-order valence-electron chi connectivity index (χ4n) is 1.33. The van der Waals surface area contributed by atoms with E-state index in [1.54, 1.807) is 0 Å². The second kappa shape index (κ2) is 4.93. The number of alkyl halides is 2. The van der Waals surface area contributed by atoms with Crippen molar-refractivity contribution in [3.05, 3.63) is 23.8 Å². The van der Waals surface area contributed by atoms with Gasteiger partial charge in [0.05, 0.1) is 13.0 Å². The number of phenols is 1. The van der Waals surface area contributed by atoms with Gasteiger partial charge in [-0.2, -0.15) is 0 Å². The summed E-state index contributed by atoms with van der Waals surface area (Å²) in [6, 6.07) is 4.21. The quantitative estimate of drug-likeness (QED) is 0.807. The minimum atomic E-state index is -2.59. The van der Waals surface area contributed by atoms with E-state index >= 15 is 0 Å². The van der Waals surface area contributed by atoms with Crippen LogP contribution in [-0.2, 0) is 0 Å². The van der Waals surface area contributed by atoms with Gasteiger partial charge in [-0.1, -0.05) is 6.07 Å². The summed E-state index contributed by atoms with van der Waals surface area (Å²) in [5.74, 6) is -0.942. The predicted octanol–water partition coefficient (Wildman–Crippen LogP) is 1.71. The first kappa shape index (κ1) is 11.7. The van der Waals surface area contributed by atoms with Gasteiger partial charge < -0.3 is 15.6 Å². The predicted molar refractivity (Wildman–Crippen MR) is 52.5 cm³/mol. The first-order valence-corrected chi connectivity index (χ1v) is 4.45. The van der Waals surface area contributed by atoms with Gasteiger partial charge in [0.25, 0.3) is 0 Å². The zero-order valence-electron chi connectivity index (χ0n) is 8.28. The summed E-state index contributed by atoms with van der Waals surface area (Å²) in [6.45, 7) is -0.211. The zero-order chi connectivity index (χ0) is 11.4. The molecule has 0 bridgehead atoms. The van der Waals surface area contributed by atoms with Gasteiger partial charge in [0.2, 0.25) is 6.43 Å². The molecule has 0 radical (unpaired) electrons. The van der Waals surface area contributed by atoms with Gasteiger partial charge in [-0.15, -0.1) is 0 Å². The summed E-state index contributed by atoms with van der Waals surface area (Å²) >= 11 is 0. The molecule has 3 nitrogen and oxygen atoms in total. The molecule has 0 amide bonds. The lowest BCUT2D eigenvalue weighted by molar-refractivity contribution is 0.116. The van der Waals surface area contributed by atoms with Crippen LogP contribution < -0.4 is 10.5 Å². The summed E-state index contributed by atoms with van der Waals surface area (Å²) < 4.78 is 29.9. The van der Waals surface area contributed by atoms with E-state index in [-0.39, 0.29) is 17.9 Å². The molecule has 0 saturated carbocycles. The molecular weight excluding hydrogens is 204 g/mol. The monoisotopic (exact) mass is 217 g/mol. The number of aromatic hydroxyl groups is 1. The molecule has 5 heteroatoms. The van der Waals surface area contributed by atoms with E-state index in [0.717, 1.165) is 0 Å². The average molecular weight is 217 g/mol. The van der Waals surface area contributed by atoms with Crippen LogP contribution in [0.3, 0.4) is 0 Å². The van der Waals surface area contributed by atoms with Gasteiger partial charge in [0.15, 0.2) is 0 Å². The molecule has 1 rings (SSSR count). The molecule has 0 fully saturated rings. The van der Waals surface area contributed by atoms with Gasteiger partial charge in [-0.25, -0.2) is 8.78 Å². The van der Waals surface area contributed by atoms with Gasteiger partial charge in [0, 0.05) is 18.2 Å². The third-order valence-electron chi connectivity index (χ3n) is 2.20. The summed E-state index contributed by atoms with van der Waals surface area (Å²) in [6.07, 6.45) is -2.59. The second-order valence-corrected chi connectivity index (χ2v) is 3.10. The average Bonchev–Trinajstić information content (AvgIpc) is 2.20. The molecule has 0 saturated heterocycles. The van der Waals surface area contributed by atoms with E-state index in [1.807, 2.05) is 0 Å². The highest BCUT2D eigenvalue weighted by molar-refractivity contribution is 5.42. The first-order chi connectivity index (χ1) is 7.10. The molecule has 0 heterocycles. The number of phenolic OH excluding ortho intramolecular Hbond substituents is 1. The van der Waals surface area contributed by atoms with Crippen molar-refractivity contribution >= 4 is 0 Å². The molecule has 1 aromatic carbocycles. The number of rotatable bonds is 4. The third-order valence-corrected chi connectivity index (χ3v) is 2.20. The highest BCUT2D eigenvalue weighted by Gasteiger charge is 2.23. The number of methoxy groups -OCH3 is 1. The normalized spacial score (nSPS) is 12.9. The lowest BCUT2D eigenvalue weighted by Gasteiger charge is -2.15. The number of hydrogen-bond acceptors (Lipinski definition) is 3. The zero-order valence-corrected chi connectivity index (χ0v) is 8.28. The Balaban J connectivity index is 3.03. The maximum absolute atomic E-state index is 12.5. The smallest absolute Gasteiger partial charge is 0.246 e. The largest absolute Gasteiger partial charge is 0.508 e. The molecule has 0 aliphatic carbocycles. The Morgan fingerprint density at radius 3 is 2.53 bits per heavy atom. The minimum absolute atomic E-state index is 0.147. The number of hydrogen-bond donors (Lipinski definition) is 2. The molecule has 0 aliphatic heterocycles. The van der Waals surface area contributed by atoms with Crippen molar-refractivity contribution in [1.29, 1.82) is 0 Å². The standard InChI is InChI=1S/C10H13F2NO2/c1-15-6-2-3-7(9(14)4-6)8(5-13)10(11)12/h2-4,8,10,14H,5,13H2,1H3. The van der Waals surface area contributed by atoms with Crippen LogP contribution in [0.25, 0.3) is 0 Å². The van der Waals surface area contributed by atoms with E-state index in [9.17, 15) is 13.9 Å². The summed E-state index contributed by atoms with van der Waals surface area (Å²) in [4.78, 5) is 0. The van der Waals surface area contributed by atoms with E-state index in [4.69, 9.17) is 10.5 Å².